The zero-order valence-electron chi connectivity index (χ0n) is 7.70. The molecule has 0 heterocycles. The number of aliphatic hydroxyl groups is 1. The van der Waals surface area contributed by atoms with Gasteiger partial charge in [0.1, 0.15) is 0 Å². The van der Waals surface area contributed by atoms with Crippen LogP contribution in [0.25, 0.3) is 0 Å². The van der Waals surface area contributed by atoms with E-state index in [2.05, 4.69) is 0 Å². The van der Waals surface area contributed by atoms with Gasteiger partial charge in [0.15, 0.2) is 9.84 Å². The van der Waals surface area contributed by atoms with Crippen LogP contribution >= 0.6 is 0 Å². The van der Waals surface area contributed by atoms with E-state index in [0.717, 1.165) is 25.7 Å². The van der Waals surface area contributed by atoms with Crippen LogP contribution < -0.4 is 0 Å². The highest BCUT2D eigenvalue weighted by Gasteiger charge is 2.56. The van der Waals surface area contributed by atoms with Gasteiger partial charge in [0.2, 0.25) is 0 Å². The lowest BCUT2D eigenvalue weighted by Crippen LogP contribution is -2.35. The van der Waals surface area contributed by atoms with Gasteiger partial charge in [0.05, 0.1) is 16.6 Å². The second-order valence-electron chi connectivity index (χ2n) is 4.29. The lowest BCUT2D eigenvalue weighted by atomic mass is 10.4. The monoisotopic (exact) mass is 204 g/mol. The molecule has 0 unspecified atom stereocenters. The van der Waals surface area contributed by atoms with Crippen molar-refractivity contribution in [1.29, 1.82) is 0 Å². The Hall–Kier alpha value is -0.0900. The van der Waals surface area contributed by atoms with E-state index in [4.69, 9.17) is 5.11 Å². The predicted octanol–water partition coefficient (Wildman–Crippen LogP) is 0.869. The average Bonchev–Trinajstić information content (AvgIpc) is 2.72. The minimum absolute atomic E-state index is 0.151. The van der Waals surface area contributed by atoms with Crippen LogP contribution in [-0.2, 0) is 9.84 Å². The van der Waals surface area contributed by atoms with E-state index in [1.54, 1.807) is 0 Å². The Bertz CT molecular complexity index is 284. The molecule has 2 aliphatic carbocycles. The second-order valence-corrected chi connectivity index (χ2v) is 6.92. The van der Waals surface area contributed by atoms with Gasteiger partial charge in [-0.25, -0.2) is 8.42 Å². The zero-order valence-corrected chi connectivity index (χ0v) is 8.52. The molecule has 2 saturated carbocycles. The molecule has 0 spiro atoms. The molecule has 3 nitrogen and oxygen atoms in total. The van der Waals surface area contributed by atoms with Crippen LogP contribution in [0.3, 0.4) is 0 Å². The van der Waals surface area contributed by atoms with E-state index in [1.807, 2.05) is 0 Å². The van der Waals surface area contributed by atoms with Crippen LogP contribution in [-0.4, -0.2) is 30.1 Å². The third-order valence-electron chi connectivity index (χ3n) is 3.44. The van der Waals surface area contributed by atoms with Crippen molar-refractivity contribution in [3.63, 3.8) is 0 Å². The highest BCUT2D eigenvalue weighted by molar-refractivity contribution is 7.93. The molecule has 0 aliphatic heterocycles. The molecular weight excluding hydrogens is 188 g/mol. The van der Waals surface area contributed by atoms with Crippen molar-refractivity contribution >= 4 is 9.84 Å². The van der Waals surface area contributed by atoms with Crippen LogP contribution in [0.15, 0.2) is 0 Å². The Labute approximate surface area is 79.1 Å². The second kappa shape index (κ2) is 2.95. The van der Waals surface area contributed by atoms with Crippen molar-refractivity contribution in [1.82, 2.24) is 0 Å². The minimum Gasteiger partial charge on any atom is -0.395 e. The van der Waals surface area contributed by atoms with E-state index < -0.39 is 14.6 Å². The fourth-order valence-corrected chi connectivity index (χ4v) is 4.74. The van der Waals surface area contributed by atoms with Crippen LogP contribution in [0.5, 0.6) is 0 Å². The van der Waals surface area contributed by atoms with E-state index >= 15 is 0 Å². The zero-order chi connectivity index (χ0) is 9.53. The first-order chi connectivity index (χ1) is 6.12. The van der Waals surface area contributed by atoms with Gasteiger partial charge in [-0.1, -0.05) is 12.8 Å². The van der Waals surface area contributed by atoms with Crippen LogP contribution in [0, 0.1) is 0 Å². The van der Waals surface area contributed by atoms with Gasteiger partial charge in [-0.05, 0) is 25.7 Å². The molecule has 2 aliphatic rings. The summed E-state index contributed by atoms with van der Waals surface area (Å²) in [5.74, 6) is 0. The fraction of sp³-hybridized carbons (Fsp3) is 1.00. The lowest BCUT2D eigenvalue weighted by Gasteiger charge is -2.18. The summed E-state index contributed by atoms with van der Waals surface area (Å²) < 4.78 is 23.3. The molecule has 0 atom stereocenters. The largest absolute Gasteiger partial charge is 0.395 e. The van der Waals surface area contributed by atoms with Gasteiger partial charge in [-0.15, -0.1) is 0 Å². The van der Waals surface area contributed by atoms with Crippen molar-refractivity contribution in [2.45, 2.75) is 48.5 Å². The van der Waals surface area contributed by atoms with E-state index in [1.165, 1.54) is 0 Å². The van der Waals surface area contributed by atoms with Gasteiger partial charge >= 0.3 is 0 Å². The highest BCUT2D eigenvalue weighted by atomic mass is 32.2. The van der Waals surface area contributed by atoms with Crippen molar-refractivity contribution in [3.8, 4) is 0 Å². The van der Waals surface area contributed by atoms with E-state index in [9.17, 15) is 8.42 Å². The first-order valence-corrected chi connectivity index (χ1v) is 6.51. The topological polar surface area (TPSA) is 54.4 Å². The van der Waals surface area contributed by atoms with Crippen molar-refractivity contribution in [2.24, 2.45) is 0 Å². The average molecular weight is 204 g/mol. The van der Waals surface area contributed by atoms with E-state index in [-0.39, 0.29) is 11.9 Å². The number of aliphatic hydroxyl groups excluding tert-OH is 1. The van der Waals surface area contributed by atoms with Gasteiger partial charge in [0, 0.05) is 0 Å². The number of hydrogen-bond donors (Lipinski definition) is 1. The quantitative estimate of drug-likeness (QED) is 0.742. The summed E-state index contributed by atoms with van der Waals surface area (Å²) in [7, 11) is -3.03. The van der Waals surface area contributed by atoms with Crippen molar-refractivity contribution < 1.29 is 13.5 Å². The third kappa shape index (κ3) is 1.31. The summed E-state index contributed by atoms with van der Waals surface area (Å²) in [4.78, 5) is 0. The molecule has 0 aromatic rings. The standard InChI is InChI=1S/C9H16O3S/c10-7-9(5-6-9)13(11,12)8-3-1-2-4-8/h8,10H,1-7H2. The van der Waals surface area contributed by atoms with Crippen molar-refractivity contribution in [2.75, 3.05) is 6.61 Å². The lowest BCUT2D eigenvalue weighted by molar-refractivity contribution is 0.282. The molecule has 2 fully saturated rings. The maximum absolute atomic E-state index is 12.0. The predicted molar refractivity (Wildman–Crippen MR) is 50.2 cm³/mol. The summed E-state index contributed by atoms with van der Waals surface area (Å²) in [5, 5.41) is 8.92. The molecule has 0 saturated heterocycles. The summed E-state index contributed by atoms with van der Waals surface area (Å²) >= 11 is 0. The molecule has 0 radical (unpaired) electrons. The van der Waals surface area contributed by atoms with Crippen molar-refractivity contribution in [3.05, 3.63) is 0 Å². The minimum atomic E-state index is -3.03. The number of hydrogen-bond acceptors (Lipinski definition) is 3. The SMILES string of the molecule is O=S(=O)(C1CCCC1)C1(CO)CC1. The molecule has 0 aromatic heterocycles. The molecule has 2 rings (SSSR count). The van der Waals surface area contributed by atoms with E-state index in [0.29, 0.717) is 12.8 Å². The summed E-state index contributed by atoms with van der Waals surface area (Å²) in [6.45, 7) is -0.175. The molecule has 0 bridgehead atoms. The Morgan fingerprint density at radius 3 is 2.15 bits per heavy atom. The molecular formula is C9H16O3S. The maximum atomic E-state index is 12.0. The smallest absolute Gasteiger partial charge is 0.161 e. The van der Waals surface area contributed by atoms with Gasteiger partial charge in [0.25, 0.3) is 0 Å². The van der Waals surface area contributed by atoms with Crippen LogP contribution in [0.1, 0.15) is 38.5 Å². The molecule has 0 amide bonds. The first-order valence-electron chi connectivity index (χ1n) is 4.97. The molecule has 13 heavy (non-hydrogen) atoms. The molecule has 1 N–H and O–H groups in total. The van der Waals surface area contributed by atoms with Gasteiger partial charge < -0.3 is 5.11 Å². The number of sulfone groups is 1. The summed E-state index contributed by atoms with van der Waals surface area (Å²) in [6, 6.07) is 0. The summed E-state index contributed by atoms with van der Waals surface area (Å²) in [5.41, 5.74) is 0. The normalized spacial score (nSPS) is 27.8. The molecule has 0 aromatic carbocycles. The van der Waals surface area contributed by atoms with Crippen LogP contribution in [0.4, 0.5) is 0 Å². The van der Waals surface area contributed by atoms with Gasteiger partial charge in [-0.3, -0.25) is 0 Å². The Balaban J connectivity index is 2.20. The number of rotatable bonds is 3. The maximum Gasteiger partial charge on any atom is 0.161 e. The molecule has 4 heteroatoms. The fourth-order valence-electron chi connectivity index (χ4n) is 2.22. The Kier molecular flexibility index (Phi) is 2.15. The Morgan fingerprint density at radius 2 is 1.77 bits per heavy atom. The molecule has 76 valence electrons. The summed E-state index contributed by atoms with van der Waals surface area (Å²) in [6.07, 6.45) is 5.02. The third-order valence-corrected chi connectivity index (χ3v) is 6.53. The van der Waals surface area contributed by atoms with Crippen LogP contribution in [0.2, 0.25) is 0 Å². The Morgan fingerprint density at radius 1 is 1.23 bits per heavy atom. The highest BCUT2D eigenvalue weighted by Crippen LogP contribution is 2.47. The first kappa shape index (κ1) is 9.46. The van der Waals surface area contributed by atoms with Gasteiger partial charge in [-0.2, -0.15) is 0 Å².